The fourth-order valence-corrected chi connectivity index (χ4v) is 9.14. The van der Waals surface area contributed by atoms with Crippen LogP contribution in [0.4, 0.5) is 15.3 Å². The predicted octanol–water partition coefficient (Wildman–Crippen LogP) is 5.26. The van der Waals surface area contributed by atoms with Crippen molar-refractivity contribution < 1.29 is 37.1 Å². The van der Waals surface area contributed by atoms with E-state index in [0.717, 1.165) is 63.1 Å². The monoisotopic (exact) mass is 834 g/mol. The Labute approximate surface area is 347 Å². The first kappa shape index (κ1) is 40.3. The molecule has 3 aromatic carbocycles. The Hall–Kier alpha value is -6.49. The van der Waals surface area contributed by atoms with Gasteiger partial charge in [0.1, 0.15) is 33.6 Å². The van der Waals surface area contributed by atoms with E-state index in [0.29, 0.717) is 43.9 Å². The van der Waals surface area contributed by atoms with Crippen molar-refractivity contribution in [3.63, 3.8) is 0 Å². The van der Waals surface area contributed by atoms with E-state index in [4.69, 9.17) is 14.5 Å². The fraction of sp³-hybridized carbons (Fsp3) is 0.349. The number of aryl methyl sites for hydroxylation is 1. The number of benzene rings is 3. The molecular weight excluding hydrogens is 789 g/mol. The summed E-state index contributed by atoms with van der Waals surface area (Å²) in [5.41, 5.74) is 8.50. The van der Waals surface area contributed by atoms with Gasteiger partial charge in [0.25, 0.3) is 0 Å². The number of amides is 4. The second kappa shape index (κ2) is 16.6. The first-order chi connectivity index (χ1) is 28.9. The first-order valence-electron chi connectivity index (χ1n) is 19.8. The van der Waals surface area contributed by atoms with Crippen molar-refractivity contribution in [3.05, 3.63) is 102 Å². The molecule has 0 radical (unpaired) electrons. The van der Waals surface area contributed by atoms with E-state index >= 15 is 0 Å². The largest absolute Gasteiger partial charge is 0.453 e. The number of alkyl carbamates (subject to hydrolysis) is 2. The molecule has 0 bridgehead atoms. The number of sulfone groups is 1. The Morgan fingerprint density at radius 1 is 0.817 bits per heavy atom. The van der Waals surface area contributed by atoms with Gasteiger partial charge in [0.15, 0.2) is 0 Å². The van der Waals surface area contributed by atoms with Gasteiger partial charge in [0.2, 0.25) is 11.8 Å². The highest BCUT2D eigenvalue weighted by molar-refractivity contribution is 7.90. The number of H-pyrrole nitrogens is 2. The summed E-state index contributed by atoms with van der Waals surface area (Å²) in [4.78, 5) is 71.3. The van der Waals surface area contributed by atoms with E-state index in [1.54, 1.807) is 22.2 Å². The smallest absolute Gasteiger partial charge is 0.407 e. The third-order valence-electron chi connectivity index (χ3n) is 11.5. The molecule has 3 aliphatic rings. The molecule has 2 aromatic heterocycles. The van der Waals surface area contributed by atoms with Crippen molar-refractivity contribution in [2.45, 2.75) is 62.7 Å². The van der Waals surface area contributed by atoms with Crippen LogP contribution in [0.1, 0.15) is 60.5 Å². The molecule has 312 valence electrons. The lowest BCUT2D eigenvalue weighted by molar-refractivity contribution is -0.134. The Morgan fingerprint density at radius 3 is 2.00 bits per heavy atom. The van der Waals surface area contributed by atoms with E-state index in [1.807, 2.05) is 66.7 Å². The topological polar surface area (TPSA) is 209 Å². The molecule has 0 unspecified atom stereocenters. The number of rotatable bonds is 11. The summed E-state index contributed by atoms with van der Waals surface area (Å²) >= 11 is 0. The minimum Gasteiger partial charge on any atom is -0.453 e. The van der Waals surface area contributed by atoms with Crippen LogP contribution in [0.3, 0.4) is 0 Å². The van der Waals surface area contributed by atoms with Gasteiger partial charge in [-0.2, -0.15) is 0 Å². The molecule has 5 aromatic rings. The normalized spacial score (nSPS) is 19.1. The average molecular weight is 835 g/mol. The lowest BCUT2D eigenvalue weighted by atomic mass is 10.0. The minimum atomic E-state index is -3.37. The molecule has 5 heterocycles. The van der Waals surface area contributed by atoms with Crippen molar-refractivity contribution >= 4 is 39.5 Å². The maximum Gasteiger partial charge on any atom is 0.407 e. The SMILES string of the molecule is COC(=O)N[C@@H](CCS(C)(=O)=O)C(=O)N1CCC[C@H]1c1ncc(-c2ccc(-c3ccc(-c4cnc([C@@H]5Cc6cccc7c6N5C(=O)[C@@H](NC(=O)OC)CC7)[nH]4)cc3)cc2)[nH]1. The molecule has 0 aliphatic carbocycles. The van der Waals surface area contributed by atoms with Gasteiger partial charge < -0.3 is 35.0 Å². The van der Waals surface area contributed by atoms with Gasteiger partial charge in [0.05, 0.1) is 61.5 Å². The molecule has 60 heavy (non-hydrogen) atoms. The van der Waals surface area contributed by atoms with Gasteiger partial charge in [-0.25, -0.2) is 28.0 Å². The Morgan fingerprint density at radius 2 is 1.40 bits per heavy atom. The summed E-state index contributed by atoms with van der Waals surface area (Å²) in [5.74, 6) is 0.441. The van der Waals surface area contributed by atoms with Gasteiger partial charge in [0, 0.05) is 19.2 Å². The van der Waals surface area contributed by atoms with Crippen LogP contribution in [0.15, 0.2) is 79.1 Å². The van der Waals surface area contributed by atoms with E-state index < -0.39 is 34.1 Å². The standard InChI is InChI=1S/C43H46N8O8S/c1-58-42(54)48-31-18-17-29-6-4-7-30-22-36(51(37(29)30)41(31)53)39-45-24-34(47-39)28-15-11-26(12-16-28)25-9-13-27(14-10-25)33-23-44-38(46-33)35-8-5-20-50(35)40(52)32(49-43(55)59-2)19-21-60(3,56)57/h4,6-7,9-16,23-24,31-32,35-36H,5,8,17-22H2,1-3H3,(H,44,46)(H,45,47)(H,48,54)(H,49,55)/t31-,32-,35-,36-/m0/s1. The van der Waals surface area contributed by atoms with Crippen LogP contribution in [0, 0.1) is 0 Å². The number of hydrogen-bond donors (Lipinski definition) is 4. The molecule has 16 nitrogen and oxygen atoms in total. The number of nitrogens with zero attached hydrogens (tertiary/aromatic N) is 4. The van der Waals surface area contributed by atoms with Crippen molar-refractivity contribution in [2.24, 2.45) is 0 Å². The van der Waals surface area contributed by atoms with Gasteiger partial charge in [-0.3, -0.25) is 14.5 Å². The summed E-state index contributed by atoms with van der Waals surface area (Å²) < 4.78 is 33.2. The molecule has 17 heteroatoms. The van der Waals surface area contributed by atoms with Gasteiger partial charge in [-0.15, -0.1) is 0 Å². The molecule has 1 fully saturated rings. The molecule has 0 saturated carbocycles. The number of anilines is 1. The minimum absolute atomic E-state index is 0.0717. The number of likely N-dealkylation sites (tertiary alicyclic amines) is 1. The lowest BCUT2D eigenvalue weighted by Gasteiger charge is -2.28. The van der Waals surface area contributed by atoms with Crippen LogP contribution >= 0.6 is 0 Å². The molecule has 0 spiro atoms. The Kier molecular flexibility index (Phi) is 11.2. The van der Waals surface area contributed by atoms with Crippen molar-refractivity contribution in [1.29, 1.82) is 0 Å². The number of carbonyl (C=O) groups excluding carboxylic acids is 4. The van der Waals surface area contributed by atoms with E-state index in [1.165, 1.54) is 14.2 Å². The Balaban J connectivity index is 0.943. The highest BCUT2D eigenvalue weighted by Crippen LogP contribution is 2.44. The summed E-state index contributed by atoms with van der Waals surface area (Å²) in [7, 11) is -0.897. The zero-order chi connectivity index (χ0) is 42.1. The van der Waals surface area contributed by atoms with E-state index in [9.17, 15) is 27.6 Å². The maximum absolute atomic E-state index is 13.9. The molecule has 1 saturated heterocycles. The molecule has 4 amide bonds. The summed E-state index contributed by atoms with van der Waals surface area (Å²) in [6.45, 7) is 0.445. The molecule has 3 aliphatic heterocycles. The van der Waals surface area contributed by atoms with Gasteiger partial charge >= 0.3 is 12.2 Å². The van der Waals surface area contributed by atoms with Gasteiger partial charge in [-0.05, 0) is 65.5 Å². The predicted molar refractivity (Wildman–Crippen MR) is 222 cm³/mol. The second-order valence-electron chi connectivity index (χ2n) is 15.4. The number of aromatic nitrogens is 4. The second-order valence-corrected chi connectivity index (χ2v) is 17.7. The molecule has 8 rings (SSSR count). The van der Waals surface area contributed by atoms with Crippen molar-refractivity contribution in [2.75, 3.05) is 37.7 Å². The van der Waals surface area contributed by atoms with Crippen LogP contribution in [-0.4, -0.2) is 102 Å². The van der Waals surface area contributed by atoms with Crippen molar-refractivity contribution in [1.82, 2.24) is 35.5 Å². The van der Waals surface area contributed by atoms with E-state index in [2.05, 4.69) is 25.6 Å². The number of methoxy groups -OCH3 is 2. The van der Waals surface area contributed by atoms with Gasteiger partial charge in [-0.1, -0.05) is 66.7 Å². The molecule has 4 atom stereocenters. The summed E-state index contributed by atoms with van der Waals surface area (Å²) in [6, 6.07) is 19.8. The fourth-order valence-electron chi connectivity index (χ4n) is 8.48. The third-order valence-corrected chi connectivity index (χ3v) is 12.5. The van der Waals surface area contributed by atoms with Crippen LogP contribution in [0.2, 0.25) is 0 Å². The third kappa shape index (κ3) is 8.21. The van der Waals surface area contributed by atoms with Crippen LogP contribution in [-0.2, 0) is 41.7 Å². The van der Waals surface area contributed by atoms with E-state index in [-0.39, 0.29) is 36.1 Å². The number of para-hydroxylation sites is 1. The quantitative estimate of drug-likeness (QED) is 0.136. The number of nitrogens with one attached hydrogen (secondary N) is 4. The summed E-state index contributed by atoms with van der Waals surface area (Å²) in [5, 5.41) is 5.22. The summed E-state index contributed by atoms with van der Waals surface area (Å²) in [6.07, 6.45) is 6.20. The lowest BCUT2D eigenvalue weighted by Crippen LogP contribution is -2.49. The highest BCUT2D eigenvalue weighted by atomic mass is 32.2. The van der Waals surface area contributed by atoms with Crippen LogP contribution in [0.5, 0.6) is 0 Å². The maximum atomic E-state index is 13.9. The average Bonchev–Trinajstić information content (AvgIpc) is 4.08. The zero-order valence-corrected chi connectivity index (χ0v) is 34.3. The zero-order valence-electron chi connectivity index (χ0n) is 33.4. The van der Waals surface area contributed by atoms with Crippen molar-refractivity contribution in [3.8, 4) is 33.6 Å². The molecule has 4 N–H and O–H groups in total. The number of ether oxygens (including phenoxy) is 2. The number of imidazole rings is 2. The molecular formula is C43H46N8O8S. The highest BCUT2D eigenvalue weighted by Gasteiger charge is 2.43. The first-order valence-corrected chi connectivity index (χ1v) is 21.9. The number of hydrogen-bond acceptors (Lipinski definition) is 10. The number of aromatic amines is 2. The van der Waals surface area contributed by atoms with Crippen LogP contribution in [0.25, 0.3) is 33.6 Å². The van der Waals surface area contributed by atoms with Crippen LogP contribution < -0.4 is 15.5 Å². The Bertz CT molecular complexity index is 2540. The number of carbonyl (C=O) groups is 4.